The summed E-state index contributed by atoms with van der Waals surface area (Å²) in [5.41, 5.74) is 6.57. The predicted octanol–water partition coefficient (Wildman–Crippen LogP) is 1.78. The van der Waals surface area contributed by atoms with E-state index in [-0.39, 0.29) is 0 Å². The smallest absolute Gasteiger partial charge is 0.244 e. The van der Waals surface area contributed by atoms with Gasteiger partial charge in [-0.2, -0.15) is 0 Å². The van der Waals surface area contributed by atoms with Crippen molar-refractivity contribution < 1.29 is 8.42 Å². The largest absolute Gasteiger partial charge is 0.349 e. The Morgan fingerprint density at radius 1 is 1.45 bits per heavy atom. The predicted molar refractivity (Wildman–Crippen MR) is 79.8 cm³/mol. The maximum atomic E-state index is 12.6. The molecule has 5 nitrogen and oxygen atoms in total. The highest BCUT2D eigenvalue weighted by Gasteiger charge is 2.27. The quantitative estimate of drug-likeness (QED) is 0.834. The highest BCUT2D eigenvalue weighted by Crippen LogP contribution is 2.28. The van der Waals surface area contributed by atoms with Crippen LogP contribution < -0.4 is 5.73 Å². The molecule has 0 radical (unpaired) electrons. The molecule has 1 fully saturated rings. The highest BCUT2D eigenvalue weighted by molar-refractivity contribution is 7.89. The van der Waals surface area contributed by atoms with Crippen LogP contribution in [0.5, 0.6) is 0 Å². The summed E-state index contributed by atoms with van der Waals surface area (Å²) in [6, 6.07) is 1.71. The van der Waals surface area contributed by atoms with Crippen molar-refractivity contribution in [1.82, 2.24) is 8.87 Å². The third-order valence-electron chi connectivity index (χ3n) is 4.08. The van der Waals surface area contributed by atoms with Crippen LogP contribution in [-0.4, -0.2) is 30.9 Å². The van der Waals surface area contributed by atoms with Crippen LogP contribution in [-0.2, 0) is 23.1 Å². The summed E-state index contributed by atoms with van der Waals surface area (Å²) in [4.78, 5) is 0.369. The molecule has 1 heterocycles. The maximum absolute atomic E-state index is 12.6. The highest BCUT2D eigenvalue weighted by atomic mass is 32.2. The Kier molecular flexibility index (Phi) is 4.88. The molecule has 0 amide bonds. The number of nitrogens with zero attached hydrogens (tertiary/aromatic N) is 2. The third-order valence-corrected chi connectivity index (χ3v) is 5.87. The Morgan fingerprint density at radius 2 is 2.15 bits per heavy atom. The Labute approximate surface area is 121 Å². The molecule has 0 saturated heterocycles. The zero-order chi connectivity index (χ0) is 14.8. The summed E-state index contributed by atoms with van der Waals surface area (Å²) in [5, 5.41) is 0. The van der Waals surface area contributed by atoms with Gasteiger partial charge in [0.2, 0.25) is 10.0 Å². The van der Waals surface area contributed by atoms with Gasteiger partial charge < -0.3 is 10.3 Å². The van der Waals surface area contributed by atoms with E-state index in [0.717, 1.165) is 31.5 Å². The van der Waals surface area contributed by atoms with Crippen LogP contribution in [0.3, 0.4) is 0 Å². The summed E-state index contributed by atoms with van der Waals surface area (Å²) < 4.78 is 28.6. The van der Waals surface area contributed by atoms with Crippen LogP contribution in [0.2, 0.25) is 0 Å². The summed E-state index contributed by atoms with van der Waals surface area (Å²) in [6.45, 7) is 3.85. The molecule has 1 aliphatic rings. The average Bonchev–Trinajstić information content (AvgIpc) is 2.77. The molecule has 1 aromatic rings. The lowest BCUT2D eigenvalue weighted by Gasteiger charge is -2.29. The first-order chi connectivity index (χ1) is 9.48. The minimum atomic E-state index is -3.38. The van der Waals surface area contributed by atoms with E-state index in [1.165, 1.54) is 10.7 Å². The molecule has 0 spiro atoms. The van der Waals surface area contributed by atoms with Crippen LogP contribution in [0.4, 0.5) is 0 Å². The maximum Gasteiger partial charge on any atom is 0.244 e. The minimum Gasteiger partial charge on any atom is -0.349 e. The molecule has 20 heavy (non-hydrogen) atoms. The first kappa shape index (κ1) is 15.5. The SMILES string of the molecule is CCCn1cc(S(=O)(=O)N(C)CC2CCC2)cc1CN. The topological polar surface area (TPSA) is 68.3 Å². The lowest BCUT2D eigenvalue weighted by Crippen LogP contribution is -2.34. The number of rotatable bonds is 7. The molecule has 0 aromatic carbocycles. The van der Waals surface area contributed by atoms with Gasteiger partial charge in [0.25, 0.3) is 0 Å². The molecular weight excluding hydrogens is 274 g/mol. The molecule has 0 unspecified atom stereocenters. The number of nitrogens with two attached hydrogens (primary N) is 1. The fraction of sp³-hybridized carbons (Fsp3) is 0.714. The summed E-state index contributed by atoms with van der Waals surface area (Å²) in [5.74, 6) is 0.529. The van der Waals surface area contributed by atoms with Crippen molar-refractivity contribution in [2.75, 3.05) is 13.6 Å². The summed E-state index contributed by atoms with van der Waals surface area (Å²) >= 11 is 0. The second-order valence-corrected chi connectivity index (χ2v) is 7.69. The molecule has 0 atom stereocenters. The van der Waals surface area contributed by atoms with Gasteiger partial charge in [0, 0.05) is 38.6 Å². The molecule has 0 aliphatic heterocycles. The van der Waals surface area contributed by atoms with Crippen molar-refractivity contribution in [2.24, 2.45) is 11.7 Å². The number of aryl methyl sites for hydroxylation is 1. The molecule has 0 bridgehead atoms. The molecule has 2 N–H and O–H groups in total. The summed E-state index contributed by atoms with van der Waals surface area (Å²) in [6.07, 6.45) is 6.19. The average molecular weight is 299 g/mol. The van der Waals surface area contributed by atoms with Crippen LogP contribution in [0.1, 0.15) is 38.3 Å². The lowest BCUT2D eigenvalue weighted by atomic mass is 9.86. The van der Waals surface area contributed by atoms with Gasteiger partial charge >= 0.3 is 0 Å². The Hall–Kier alpha value is -0.850. The number of aromatic nitrogens is 1. The minimum absolute atomic E-state index is 0.363. The van der Waals surface area contributed by atoms with E-state index >= 15 is 0 Å². The van der Waals surface area contributed by atoms with Crippen molar-refractivity contribution in [3.63, 3.8) is 0 Å². The molecular formula is C14H25N3O2S. The number of sulfonamides is 1. The number of hydrogen-bond donors (Lipinski definition) is 1. The van der Waals surface area contributed by atoms with E-state index in [9.17, 15) is 8.42 Å². The van der Waals surface area contributed by atoms with E-state index in [0.29, 0.717) is 23.9 Å². The van der Waals surface area contributed by atoms with E-state index < -0.39 is 10.0 Å². The molecule has 1 aromatic heterocycles. The zero-order valence-electron chi connectivity index (χ0n) is 12.4. The van der Waals surface area contributed by atoms with Crippen molar-refractivity contribution in [2.45, 2.75) is 50.6 Å². The monoisotopic (exact) mass is 299 g/mol. The lowest BCUT2D eigenvalue weighted by molar-refractivity contribution is 0.263. The first-order valence-corrected chi connectivity index (χ1v) is 8.78. The Morgan fingerprint density at radius 3 is 2.65 bits per heavy atom. The second kappa shape index (κ2) is 6.28. The van der Waals surface area contributed by atoms with Gasteiger partial charge in [-0.3, -0.25) is 0 Å². The second-order valence-electron chi connectivity index (χ2n) is 5.65. The van der Waals surface area contributed by atoms with E-state index in [1.807, 2.05) is 4.57 Å². The van der Waals surface area contributed by atoms with Gasteiger partial charge in [0.05, 0.1) is 0 Å². The van der Waals surface area contributed by atoms with Crippen LogP contribution in [0.15, 0.2) is 17.2 Å². The van der Waals surface area contributed by atoms with Crippen molar-refractivity contribution in [3.8, 4) is 0 Å². The van der Waals surface area contributed by atoms with Crippen molar-refractivity contribution >= 4 is 10.0 Å². The molecule has 114 valence electrons. The van der Waals surface area contributed by atoms with Gasteiger partial charge in [-0.15, -0.1) is 0 Å². The molecule has 1 saturated carbocycles. The van der Waals surface area contributed by atoms with E-state index in [1.54, 1.807) is 19.3 Å². The Balaban J connectivity index is 2.19. The standard InChI is InChI=1S/C14H25N3O2S/c1-3-7-17-11-14(8-13(17)9-15)20(18,19)16(2)10-12-5-4-6-12/h8,11-12H,3-7,9-10,15H2,1-2H3. The van der Waals surface area contributed by atoms with Gasteiger partial charge in [-0.05, 0) is 31.2 Å². The summed E-state index contributed by atoms with van der Waals surface area (Å²) in [7, 11) is -1.71. The normalized spacial score (nSPS) is 16.6. The van der Waals surface area contributed by atoms with E-state index in [2.05, 4.69) is 6.92 Å². The fourth-order valence-corrected chi connectivity index (χ4v) is 3.92. The Bertz CT molecular complexity index is 547. The molecule has 2 rings (SSSR count). The van der Waals surface area contributed by atoms with Crippen molar-refractivity contribution in [3.05, 3.63) is 18.0 Å². The zero-order valence-corrected chi connectivity index (χ0v) is 13.2. The van der Waals surface area contributed by atoms with Crippen molar-refractivity contribution in [1.29, 1.82) is 0 Å². The van der Waals surface area contributed by atoms with Gasteiger partial charge in [-0.25, -0.2) is 12.7 Å². The van der Waals surface area contributed by atoms with Crippen LogP contribution >= 0.6 is 0 Å². The molecule has 1 aliphatic carbocycles. The van der Waals surface area contributed by atoms with E-state index in [4.69, 9.17) is 5.73 Å². The van der Waals surface area contributed by atoms with Crippen LogP contribution in [0, 0.1) is 5.92 Å². The van der Waals surface area contributed by atoms with Gasteiger partial charge in [0.15, 0.2) is 0 Å². The van der Waals surface area contributed by atoms with Crippen LogP contribution in [0.25, 0.3) is 0 Å². The third kappa shape index (κ3) is 3.07. The van der Waals surface area contributed by atoms with Gasteiger partial charge in [-0.1, -0.05) is 13.3 Å². The number of hydrogen-bond acceptors (Lipinski definition) is 3. The van der Waals surface area contributed by atoms with Gasteiger partial charge in [0.1, 0.15) is 4.90 Å². The first-order valence-electron chi connectivity index (χ1n) is 7.34. The molecule has 6 heteroatoms. The fourth-order valence-electron chi connectivity index (χ4n) is 2.60.